The van der Waals surface area contributed by atoms with Crippen LogP contribution < -0.4 is 10.5 Å². The van der Waals surface area contributed by atoms with Crippen LogP contribution in [0.4, 0.5) is 5.69 Å². The number of ether oxygens (including phenoxy) is 1. The van der Waals surface area contributed by atoms with Crippen molar-refractivity contribution in [2.75, 3.05) is 12.3 Å². The summed E-state index contributed by atoms with van der Waals surface area (Å²) >= 11 is 0. The number of hydrogen-bond donors (Lipinski definition) is 1. The molecule has 0 amide bonds. The molecule has 0 fully saturated rings. The summed E-state index contributed by atoms with van der Waals surface area (Å²) in [5.74, 6) is 0.416. The van der Waals surface area contributed by atoms with E-state index in [2.05, 4.69) is 10.2 Å². The zero-order valence-corrected chi connectivity index (χ0v) is 9.23. The maximum atomic E-state index is 5.74. The van der Waals surface area contributed by atoms with E-state index in [1.807, 2.05) is 26.0 Å². The minimum absolute atomic E-state index is 0.178. The lowest BCUT2D eigenvalue weighted by Gasteiger charge is -1.99. The van der Waals surface area contributed by atoms with Gasteiger partial charge in [-0.2, -0.15) is 0 Å². The highest BCUT2D eigenvalue weighted by molar-refractivity contribution is 5.61. The van der Waals surface area contributed by atoms with Gasteiger partial charge in [-0.1, -0.05) is 5.10 Å². The summed E-state index contributed by atoms with van der Waals surface area (Å²) in [6.07, 6.45) is 0.178. The molecule has 0 spiro atoms. The summed E-state index contributed by atoms with van der Waals surface area (Å²) in [5.41, 5.74) is 8.26. The van der Waals surface area contributed by atoms with E-state index in [0.717, 1.165) is 11.1 Å². The lowest BCUT2D eigenvalue weighted by atomic mass is 10.1. The number of nitrogens with zero attached hydrogens (tertiary/aromatic N) is 2. The number of rotatable bonds is 3. The van der Waals surface area contributed by atoms with Crippen molar-refractivity contribution in [3.63, 3.8) is 0 Å². The van der Waals surface area contributed by atoms with E-state index in [4.69, 9.17) is 14.9 Å². The summed E-state index contributed by atoms with van der Waals surface area (Å²) in [5, 5.41) is 7.65. The molecular weight excluding hydrogens is 206 g/mol. The van der Waals surface area contributed by atoms with E-state index in [9.17, 15) is 0 Å². The highest BCUT2D eigenvalue weighted by atomic mass is 16.6. The van der Waals surface area contributed by atoms with E-state index in [-0.39, 0.29) is 6.08 Å². The topological polar surface area (TPSA) is 74.2 Å². The molecular formula is C11H13N3O2. The highest BCUT2D eigenvalue weighted by Crippen LogP contribution is 2.24. The third-order valence-corrected chi connectivity index (χ3v) is 2.02. The number of nitrogen functional groups attached to an aromatic ring is 1. The molecule has 0 atom stereocenters. The first-order valence-electron chi connectivity index (χ1n) is 5.03. The van der Waals surface area contributed by atoms with Gasteiger partial charge in [0.25, 0.3) is 5.89 Å². The van der Waals surface area contributed by atoms with Gasteiger partial charge in [0.1, 0.15) is 0 Å². The van der Waals surface area contributed by atoms with E-state index in [0.29, 0.717) is 18.2 Å². The molecule has 2 N–H and O–H groups in total. The van der Waals surface area contributed by atoms with Crippen LogP contribution in [0.2, 0.25) is 0 Å². The third-order valence-electron chi connectivity index (χ3n) is 2.02. The van der Waals surface area contributed by atoms with Crippen LogP contribution in [0.15, 0.2) is 22.6 Å². The first-order valence-corrected chi connectivity index (χ1v) is 5.03. The first kappa shape index (κ1) is 10.5. The molecule has 5 heteroatoms. The Morgan fingerprint density at radius 3 is 2.81 bits per heavy atom. The molecule has 2 aromatic rings. The molecule has 0 bridgehead atoms. The van der Waals surface area contributed by atoms with Gasteiger partial charge < -0.3 is 14.9 Å². The second-order valence-electron chi connectivity index (χ2n) is 3.44. The number of nitrogens with two attached hydrogens (primary N) is 1. The fourth-order valence-corrected chi connectivity index (χ4v) is 1.44. The number of anilines is 1. The maximum Gasteiger partial charge on any atom is 0.414 e. The SMILES string of the molecule is CCOc1nnc(-c2cc(C)cc(N)c2)o1. The molecule has 2 rings (SSSR count). The van der Waals surface area contributed by atoms with Crippen molar-refractivity contribution < 1.29 is 9.15 Å². The van der Waals surface area contributed by atoms with Gasteiger partial charge in [0.15, 0.2) is 0 Å². The van der Waals surface area contributed by atoms with Crippen LogP contribution in [0.1, 0.15) is 12.5 Å². The van der Waals surface area contributed by atoms with Gasteiger partial charge in [-0.3, -0.25) is 0 Å². The van der Waals surface area contributed by atoms with Crippen LogP contribution >= 0.6 is 0 Å². The lowest BCUT2D eigenvalue weighted by molar-refractivity contribution is 0.247. The fraction of sp³-hybridized carbons (Fsp3) is 0.273. The predicted octanol–water partition coefficient (Wildman–Crippen LogP) is 2.03. The lowest BCUT2D eigenvalue weighted by Crippen LogP contribution is -1.90. The van der Waals surface area contributed by atoms with Crippen molar-refractivity contribution in [2.24, 2.45) is 0 Å². The Balaban J connectivity index is 2.34. The smallest absolute Gasteiger partial charge is 0.414 e. The van der Waals surface area contributed by atoms with E-state index in [1.54, 1.807) is 6.07 Å². The number of hydrogen-bond acceptors (Lipinski definition) is 5. The van der Waals surface area contributed by atoms with Crippen molar-refractivity contribution in [2.45, 2.75) is 13.8 Å². The molecule has 84 valence electrons. The van der Waals surface area contributed by atoms with Crippen molar-refractivity contribution in [1.82, 2.24) is 10.2 Å². The Labute approximate surface area is 93.2 Å². The zero-order valence-electron chi connectivity index (χ0n) is 9.23. The second kappa shape index (κ2) is 4.22. The van der Waals surface area contributed by atoms with Gasteiger partial charge in [-0.25, -0.2) is 0 Å². The minimum atomic E-state index is 0.178. The van der Waals surface area contributed by atoms with Crippen molar-refractivity contribution >= 4 is 5.69 Å². The fourth-order valence-electron chi connectivity index (χ4n) is 1.44. The van der Waals surface area contributed by atoms with Crippen LogP contribution in [-0.4, -0.2) is 16.8 Å². The number of aromatic nitrogens is 2. The van der Waals surface area contributed by atoms with Gasteiger partial charge in [-0.15, -0.1) is 5.10 Å². The molecule has 0 saturated heterocycles. The summed E-state index contributed by atoms with van der Waals surface area (Å²) in [4.78, 5) is 0. The van der Waals surface area contributed by atoms with Crippen LogP contribution in [0.5, 0.6) is 6.08 Å². The summed E-state index contributed by atoms with van der Waals surface area (Å²) in [7, 11) is 0. The van der Waals surface area contributed by atoms with E-state index >= 15 is 0 Å². The van der Waals surface area contributed by atoms with Gasteiger partial charge in [0.05, 0.1) is 6.61 Å². The molecule has 1 aromatic heterocycles. The molecule has 5 nitrogen and oxygen atoms in total. The molecule has 0 aliphatic rings. The molecule has 1 heterocycles. The zero-order chi connectivity index (χ0) is 11.5. The van der Waals surface area contributed by atoms with E-state index < -0.39 is 0 Å². The van der Waals surface area contributed by atoms with E-state index in [1.165, 1.54) is 0 Å². The number of benzene rings is 1. The van der Waals surface area contributed by atoms with Crippen molar-refractivity contribution in [3.05, 3.63) is 23.8 Å². The highest BCUT2D eigenvalue weighted by Gasteiger charge is 2.09. The molecule has 0 unspecified atom stereocenters. The second-order valence-corrected chi connectivity index (χ2v) is 3.44. The van der Waals surface area contributed by atoms with Crippen LogP contribution in [0, 0.1) is 6.92 Å². The van der Waals surface area contributed by atoms with Crippen LogP contribution in [-0.2, 0) is 0 Å². The monoisotopic (exact) mass is 219 g/mol. The third kappa shape index (κ3) is 2.13. The largest absolute Gasteiger partial charge is 0.449 e. The molecule has 16 heavy (non-hydrogen) atoms. The van der Waals surface area contributed by atoms with Crippen molar-refractivity contribution in [3.8, 4) is 17.5 Å². The van der Waals surface area contributed by atoms with Gasteiger partial charge in [0, 0.05) is 11.3 Å². The molecule has 0 aliphatic carbocycles. The van der Waals surface area contributed by atoms with Crippen LogP contribution in [0.25, 0.3) is 11.5 Å². The average Bonchev–Trinajstić information content (AvgIpc) is 2.65. The molecule has 0 aliphatic heterocycles. The summed E-state index contributed by atoms with van der Waals surface area (Å²) < 4.78 is 10.4. The Kier molecular flexibility index (Phi) is 2.76. The summed E-state index contributed by atoms with van der Waals surface area (Å²) in [6, 6.07) is 5.60. The van der Waals surface area contributed by atoms with Gasteiger partial charge >= 0.3 is 6.08 Å². The standard InChI is InChI=1S/C11H13N3O2/c1-3-15-11-14-13-10(16-11)8-4-7(2)5-9(12)6-8/h4-6H,3,12H2,1-2H3. The normalized spacial score (nSPS) is 10.4. The van der Waals surface area contributed by atoms with Gasteiger partial charge in [-0.05, 0) is 37.6 Å². The Morgan fingerprint density at radius 1 is 1.31 bits per heavy atom. The van der Waals surface area contributed by atoms with Gasteiger partial charge in [0.2, 0.25) is 0 Å². The quantitative estimate of drug-likeness (QED) is 0.799. The maximum absolute atomic E-state index is 5.74. The first-order chi connectivity index (χ1) is 7.69. The Morgan fingerprint density at radius 2 is 2.12 bits per heavy atom. The van der Waals surface area contributed by atoms with Crippen LogP contribution in [0.3, 0.4) is 0 Å². The molecule has 0 radical (unpaired) electrons. The average molecular weight is 219 g/mol. The molecule has 1 aromatic carbocycles. The predicted molar refractivity (Wildman–Crippen MR) is 60.1 cm³/mol. The Hall–Kier alpha value is -2.04. The Bertz CT molecular complexity index is 473. The number of aryl methyl sites for hydroxylation is 1. The minimum Gasteiger partial charge on any atom is -0.449 e. The van der Waals surface area contributed by atoms with Crippen molar-refractivity contribution in [1.29, 1.82) is 0 Å². The molecule has 0 saturated carbocycles. The summed E-state index contributed by atoms with van der Waals surface area (Å²) in [6.45, 7) is 4.31.